The summed E-state index contributed by atoms with van der Waals surface area (Å²) in [7, 11) is 0. The molecule has 0 spiro atoms. The van der Waals surface area contributed by atoms with E-state index in [0.717, 1.165) is 5.56 Å². The number of nitrogens with zero attached hydrogens (tertiary/aromatic N) is 2. The molecule has 0 aliphatic carbocycles. The molecule has 0 unspecified atom stereocenters. The largest absolute Gasteiger partial charge is 0.476 e. The zero-order valence-electron chi connectivity index (χ0n) is 8.87. The third-order valence-electron chi connectivity index (χ3n) is 2.28. The van der Waals surface area contributed by atoms with Gasteiger partial charge in [0, 0.05) is 12.6 Å². The van der Waals surface area contributed by atoms with E-state index in [2.05, 4.69) is 5.10 Å². The second-order valence-electron chi connectivity index (χ2n) is 3.47. The summed E-state index contributed by atoms with van der Waals surface area (Å²) in [4.78, 5) is 22.2. The van der Waals surface area contributed by atoms with Crippen LogP contribution in [0.15, 0.2) is 33.8 Å². The van der Waals surface area contributed by atoms with Gasteiger partial charge in [-0.2, -0.15) is 16.4 Å². The van der Waals surface area contributed by atoms with E-state index in [1.807, 2.05) is 16.8 Å². The number of carbonyl (C=O) groups is 1. The Morgan fingerprint density at radius 3 is 2.88 bits per heavy atom. The van der Waals surface area contributed by atoms with Gasteiger partial charge in [0.2, 0.25) is 0 Å². The summed E-state index contributed by atoms with van der Waals surface area (Å²) < 4.78 is 1.18. The van der Waals surface area contributed by atoms with Crippen LogP contribution < -0.4 is 5.56 Å². The minimum Gasteiger partial charge on any atom is -0.476 e. The number of aromatic nitrogens is 2. The Balaban J connectivity index is 2.17. The van der Waals surface area contributed by atoms with Crippen LogP contribution in [0.25, 0.3) is 0 Å². The van der Waals surface area contributed by atoms with Crippen molar-refractivity contribution >= 4 is 17.3 Å². The first-order valence-electron chi connectivity index (χ1n) is 4.99. The molecule has 17 heavy (non-hydrogen) atoms. The van der Waals surface area contributed by atoms with Crippen molar-refractivity contribution in [1.29, 1.82) is 0 Å². The number of aromatic carboxylic acids is 1. The molecule has 2 rings (SSSR count). The monoisotopic (exact) mass is 250 g/mol. The van der Waals surface area contributed by atoms with E-state index >= 15 is 0 Å². The van der Waals surface area contributed by atoms with Crippen molar-refractivity contribution in [3.63, 3.8) is 0 Å². The molecule has 0 atom stereocenters. The summed E-state index contributed by atoms with van der Waals surface area (Å²) >= 11 is 1.59. The van der Waals surface area contributed by atoms with Gasteiger partial charge in [0.15, 0.2) is 5.69 Å². The summed E-state index contributed by atoms with van der Waals surface area (Å²) in [6, 6.07) is 4.41. The maximum Gasteiger partial charge on any atom is 0.356 e. The van der Waals surface area contributed by atoms with Gasteiger partial charge in [-0.15, -0.1) is 0 Å². The first-order chi connectivity index (χ1) is 8.16. The van der Waals surface area contributed by atoms with E-state index in [0.29, 0.717) is 13.0 Å². The predicted molar refractivity (Wildman–Crippen MR) is 63.5 cm³/mol. The number of carboxylic acids is 1. The van der Waals surface area contributed by atoms with Crippen molar-refractivity contribution in [3.05, 3.63) is 50.6 Å². The number of carboxylic acid groups (broad SMARTS) is 1. The van der Waals surface area contributed by atoms with Crippen LogP contribution in [-0.2, 0) is 13.0 Å². The highest BCUT2D eigenvalue weighted by Crippen LogP contribution is 2.06. The molecule has 0 aromatic carbocycles. The molecule has 2 aromatic heterocycles. The summed E-state index contributed by atoms with van der Waals surface area (Å²) in [5.74, 6) is -1.13. The van der Waals surface area contributed by atoms with Crippen LogP contribution in [-0.4, -0.2) is 20.9 Å². The van der Waals surface area contributed by atoms with E-state index in [-0.39, 0.29) is 11.3 Å². The number of aryl methyl sites for hydroxylation is 2. The molecular weight excluding hydrogens is 240 g/mol. The van der Waals surface area contributed by atoms with Crippen LogP contribution in [0, 0.1) is 0 Å². The third-order valence-corrected chi connectivity index (χ3v) is 3.01. The second kappa shape index (κ2) is 4.92. The highest BCUT2D eigenvalue weighted by atomic mass is 32.1. The van der Waals surface area contributed by atoms with Crippen molar-refractivity contribution in [2.75, 3.05) is 0 Å². The maximum atomic E-state index is 11.5. The van der Waals surface area contributed by atoms with Gasteiger partial charge < -0.3 is 5.11 Å². The Labute approximate surface area is 101 Å². The van der Waals surface area contributed by atoms with Crippen molar-refractivity contribution in [1.82, 2.24) is 9.78 Å². The molecule has 2 heterocycles. The molecular formula is C11H10N2O3S. The van der Waals surface area contributed by atoms with E-state index in [4.69, 9.17) is 5.11 Å². The molecule has 6 heteroatoms. The zero-order valence-corrected chi connectivity index (χ0v) is 9.68. The van der Waals surface area contributed by atoms with Crippen LogP contribution in [0.1, 0.15) is 16.1 Å². The average Bonchev–Trinajstić information content (AvgIpc) is 2.80. The molecule has 0 saturated carbocycles. The van der Waals surface area contributed by atoms with Gasteiger partial charge in [0.1, 0.15) is 0 Å². The van der Waals surface area contributed by atoms with E-state index in [1.54, 1.807) is 11.3 Å². The lowest BCUT2D eigenvalue weighted by Gasteiger charge is -2.03. The summed E-state index contributed by atoms with van der Waals surface area (Å²) in [5.41, 5.74) is 0.713. The van der Waals surface area contributed by atoms with Gasteiger partial charge in [0.25, 0.3) is 5.56 Å². The highest BCUT2D eigenvalue weighted by molar-refractivity contribution is 7.07. The van der Waals surface area contributed by atoms with Crippen LogP contribution in [0.5, 0.6) is 0 Å². The highest BCUT2D eigenvalue weighted by Gasteiger charge is 2.07. The van der Waals surface area contributed by atoms with Crippen LogP contribution in [0.4, 0.5) is 0 Å². The minimum absolute atomic E-state index is 0.116. The summed E-state index contributed by atoms with van der Waals surface area (Å²) in [6.45, 7) is 0.386. The van der Waals surface area contributed by atoms with E-state index < -0.39 is 5.97 Å². The number of hydrogen-bond acceptors (Lipinski definition) is 4. The van der Waals surface area contributed by atoms with Gasteiger partial charge in [-0.25, -0.2) is 9.48 Å². The number of rotatable bonds is 4. The quantitative estimate of drug-likeness (QED) is 0.886. The predicted octanol–water partition coefficient (Wildman–Crippen LogP) is 1.25. The second-order valence-corrected chi connectivity index (χ2v) is 4.25. The molecule has 0 aliphatic heterocycles. The van der Waals surface area contributed by atoms with Crippen molar-refractivity contribution in [3.8, 4) is 0 Å². The molecule has 0 aliphatic rings. The summed E-state index contributed by atoms with van der Waals surface area (Å²) in [6.07, 6.45) is 0.666. The van der Waals surface area contributed by atoms with Crippen LogP contribution in [0.2, 0.25) is 0 Å². The van der Waals surface area contributed by atoms with Crippen LogP contribution in [0.3, 0.4) is 0 Å². The van der Waals surface area contributed by atoms with Crippen LogP contribution >= 0.6 is 11.3 Å². The SMILES string of the molecule is O=C(O)c1ccc(=O)n(CCc2ccsc2)n1. The Morgan fingerprint density at radius 2 is 2.24 bits per heavy atom. The standard InChI is InChI=1S/C11H10N2O3S/c14-10-2-1-9(11(15)16)12-13(10)5-3-8-4-6-17-7-8/h1-2,4,6-7H,3,5H2,(H,15,16). The Bertz CT molecular complexity index is 575. The van der Waals surface area contributed by atoms with Crippen molar-refractivity contribution in [2.24, 2.45) is 0 Å². The average molecular weight is 250 g/mol. The Morgan fingerprint density at radius 1 is 1.41 bits per heavy atom. The lowest BCUT2D eigenvalue weighted by Crippen LogP contribution is -2.25. The lowest BCUT2D eigenvalue weighted by molar-refractivity contribution is 0.0687. The normalized spacial score (nSPS) is 10.4. The lowest BCUT2D eigenvalue weighted by atomic mass is 10.2. The third kappa shape index (κ3) is 2.79. The van der Waals surface area contributed by atoms with Gasteiger partial charge in [0.05, 0.1) is 0 Å². The molecule has 1 N–H and O–H groups in total. The van der Waals surface area contributed by atoms with Crippen molar-refractivity contribution < 1.29 is 9.90 Å². The topological polar surface area (TPSA) is 72.2 Å². The first kappa shape index (κ1) is 11.5. The molecule has 5 nitrogen and oxygen atoms in total. The summed E-state index contributed by atoms with van der Waals surface area (Å²) in [5, 5.41) is 16.5. The first-order valence-corrected chi connectivity index (χ1v) is 5.93. The molecule has 88 valence electrons. The smallest absolute Gasteiger partial charge is 0.356 e. The molecule has 0 bridgehead atoms. The van der Waals surface area contributed by atoms with Gasteiger partial charge in [-0.1, -0.05) is 0 Å². The van der Waals surface area contributed by atoms with Gasteiger partial charge in [-0.05, 0) is 34.9 Å². The fourth-order valence-electron chi connectivity index (χ4n) is 1.39. The van der Waals surface area contributed by atoms with Gasteiger partial charge in [-0.3, -0.25) is 4.79 Å². The zero-order chi connectivity index (χ0) is 12.3. The molecule has 0 saturated heterocycles. The fourth-order valence-corrected chi connectivity index (χ4v) is 2.10. The molecule has 0 radical (unpaired) electrons. The van der Waals surface area contributed by atoms with E-state index in [9.17, 15) is 9.59 Å². The minimum atomic E-state index is -1.13. The molecule has 0 amide bonds. The maximum absolute atomic E-state index is 11.5. The Hall–Kier alpha value is -1.95. The number of thiophene rings is 1. The Kier molecular flexibility index (Phi) is 3.34. The van der Waals surface area contributed by atoms with Crippen molar-refractivity contribution in [2.45, 2.75) is 13.0 Å². The van der Waals surface area contributed by atoms with E-state index in [1.165, 1.54) is 16.8 Å². The number of hydrogen-bond donors (Lipinski definition) is 1. The fraction of sp³-hybridized carbons (Fsp3) is 0.182. The van der Waals surface area contributed by atoms with Gasteiger partial charge >= 0.3 is 5.97 Å². The molecule has 2 aromatic rings. The molecule has 0 fully saturated rings.